The fourth-order valence-electron chi connectivity index (χ4n) is 2.56. The molecule has 0 saturated carbocycles. The Kier molecular flexibility index (Phi) is 6.16. The van der Waals surface area contributed by atoms with Gasteiger partial charge in [-0.25, -0.2) is 0 Å². The minimum absolute atomic E-state index is 0.326. The quantitative estimate of drug-likeness (QED) is 0.805. The van der Waals surface area contributed by atoms with Crippen LogP contribution < -0.4 is 0 Å². The van der Waals surface area contributed by atoms with Crippen LogP contribution in [0.2, 0.25) is 0 Å². The molecule has 0 radical (unpaired) electrons. The molecule has 2 aromatic carbocycles. The highest BCUT2D eigenvalue weighted by Gasteiger charge is 2.19. The molecule has 0 aliphatic rings. The second kappa shape index (κ2) is 8.35. The van der Waals surface area contributed by atoms with Crippen molar-refractivity contribution in [3.63, 3.8) is 0 Å². The molecular formula is C19H23NO2. The van der Waals surface area contributed by atoms with Crippen LogP contribution >= 0.6 is 0 Å². The fourth-order valence-corrected chi connectivity index (χ4v) is 2.56. The number of benzene rings is 2. The summed E-state index contributed by atoms with van der Waals surface area (Å²) in [5.74, 6) is -1.04. The number of carbonyl (C=O) groups is 1. The summed E-state index contributed by atoms with van der Waals surface area (Å²) in [6.07, 6.45) is 0.648. The van der Waals surface area contributed by atoms with Crippen molar-refractivity contribution < 1.29 is 9.90 Å². The van der Waals surface area contributed by atoms with Gasteiger partial charge in [-0.1, -0.05) is 67.6 Å². The summed E-state index contributed by atoms with van der Waals surface area (Å²) in [6, 6.07) is 20.4. The molecule has 0 bridgehead atoms. The van der Waals surface area contributed by atoms with E-state index in [2.05, 4.69) is 29.2 Å². The van der Waals surface area contributed by atoms with Crippen LogP contribution in [0.5, 0.6) is 0 Å². The zero-order valence-corrected chi connectivity index (χ0v) is 13.0. The Morgan fingerprint density at radius 1 is 0.955 bits per heavy atom. The first-order valence-electron chi connectivity index (χ1n) is 7.72. The Labute approximate surface area is 132 Å². The third kappa shape index (κ3) is 5.01. The molecule has 0 aliphatic carbocycles. The number of carboxylic acids is 1. The monoisotopic (exact) mass is 297 g/mol. The number of hydrogen-bond donors (Lipinski definition) is 1. The molecule has 0 saturated heterocycles. The van der Waals surface area contributed by atoms with E-state index in [-0.39, 0.29) is 5.92 Å². The SMILES string of the molecule is CCC(CN(Cc1ccccc1)Cc1ccccc1)C(=O)O. The van der Waals surface area contributed by atoms with Gasteiger partial charge >= 0.3 is 5.97 Å². The highest BCUT2D eigenvalue weighted by atomic mass is 16.4. The Balaban J connectivity index is 2.11. The molecule has 22 heavy (non-hydrogen) atoms. The first-order valence-corrected chi connectivity index (χ1v) is 7.72. The predicted molar refractivity (Wildman–Crippen MR) is 88.4 cm³/mol. The summed E-state index contributed by atoms with van der Waals surface area (Å²) in [5.41, 5.74) is 2.41. The van der Waals surface area contributed by atoms with E-state index in [9.17, 15) is 9.90 Å². The molecule has 0 spiro atoms. The minimum Gasteiger partial charge on any atom is -0.481 e. The van der Waals surface area contributed by atoms with Crippen LogP contribution in [0.25, 0.3) is 0 Å². The maximum Gasteiger partial charge on any atom is 0.307 e. The van der Waals surface area contributed by atoms with E-state index in [4.69, 9.17) is 0 Å². The molecule has 1 atom stereocenters. The van der Waals surface area contributed by atoms with E-state index in [0.29, 0.717) is 13.0 Å². The minimum atomic E-state index is -0.714. The van der Waals surface area contributed by atoms with Gasteiger partial charge in [0.05, 0.1) is 5.92 Å². The van der Waals surface area contributed by atoms with Crippen molar-refractivity contribution in [2.75, 3.05) is 6.54 Å². The topological polar surface area (TPSA) is 40.5 Å². The van der Waals surface area contributed by atoms with Crippen LogP contribution in [-0.4, -0.2) is 22.5 Å². The van der Waals surface area contributed by atoms with E-state index in [1.54, 1.807) is 0 Å². The van der Waals surface area contributed by atoms with E-state index >= 15 is 0 Å². The molecule has 116 valence electrons. The number of aliphatic carboxylic acids is 1. The van der Waals surface area contributed by atoms with E-state index in [1.807, 2.05) is 43.3 Å². The van der Waals surface area contributed by atoms with Crippen LogP contribution in [0.4, 0.5) is 0 Å². The molecule has 2 rings (SSSR count). The van der Waals surface area contributed by atoms with Crippen molar-refractivity contribution in [2.24, 2.45) is 5.92 Å². The second-order valence-electron chi connectivity index (χ2n) is 5.58. The maximum atomic E-state index is 11.3. The molecule has 0 fully saturated rings. The lowest BCUT2D eigenvalue weighted by Crippen LogP contribution is -2.32. The largest absolute Gasteiger partial charge is 0.481 e. The number of rotatable bonds is 8. The van der Waals surface area contributed by atoms with Crippen molar-refractivity contribution in [3.8, 4) is 0 Å². The number of hydrogen-bond acceptors (Lipinski definition) is 2. The van der Waals surface area contributed by atoms with Gasteiger partial charge in [-0.2, -0.15) is 0 Å². The lowest BCUT2D eigenvalue weighted by molar-refractivity contribution is -0.142. The van der Waals surface area contributed by atoms with Gasteiger partial charge < -0.3 is 5.11 Å². The lowest BCUT2D eigenvalue weighted by atomic mass is 10.0. The summed E-state index contributed by atoms with van der Waals surface area (Å²) in [7, 11) is 0. The molecule has 0 heterocycles. The Morgan fingerprint density at radius 2 is 1.41 bits per heavy atom. The molecule has 0 aromatic heterocycles. The molecule has 1 unspecified atom stereocenters. The van der Waals surface area contributed by atoms with Gasteiger partial charge in [-0.15, -0.1) is 0 Å². The molecule has 3 nitrogen and oxygen atoms in total. The molecule has 0 amide bonds. The van der Waals surface area contributed by atoms with Gasteiger partial charge in [0.25, 0.3) is 0 Å². The van der Waals surface area contributed by atoms with Crippen molar-refractivity contribution in [3.05, 3.63) is 71.8 Å². The Morgan fingerprint density at radius 3 is 1.77 bits per heavy atom. The van der Waals surface area contributed by atoms with Crippen LogP contribution in [0.15, 0.2) is 60.7 Å². The van der Waals surface area contributed by atoms with E-state index < -0.39 is 5.97 Å². The average molecular weight is 297 g/mol. The van der Waals surface area contributed by atoms with Crippen LogP contribution in [0.1, 0.15) is 24.5 Å². The zero-order valence-electron chi connectivity index (χ0n) is 13.0. The first-order chi connectivity index (χ1) is 10.7. The van der Waals surface area contributed by atoms with Crippen LogP contribution in [0.3, 0.4) is 0 Å². The number of carboxylic acid groups (broad SMARTS) is 1. The highest BCUT2D eigenvalue weighted by molar-refractivity contribution is 5.70. The maximum absolute atomic E-state index is 11.3. The Bertz CT molecular complexity index is 527. The molecule has 0 aliphatic heterocycles. The van der Waals surface area contributed by atoms with Crippen molar-refractivity contribution in [2.45, 2.75) is 26.4 Å². The van der Waals surface area contributed by atoms with Crippen molar-refractivity contribution in [1.29, 1.82) is 0 Å². The average Bonchev–Trinajstić information content (AvgIpc) is 2.54. The molecule has 3 heteroatoms. The normalized spacial score (nSPS) is 12.3. The molecular weight excluding hydrogens is 274 g/mol. The summed E-state index contributed by atoms with van der Waals surface area (Å²) in [6.45, 7) is 4.02. The Hall–Kier alpha value is -2.13. The van der Waals surface area contributed by atoms with Crippen LogP contribution in [0, 0.1) is 5.92 Å². The molecule has 2 aromatic rings. The highest BCUT2D eigenvalue weighted by Crippen LogP contribution is 2.14. The first kappa shape index (κ1) is 16.2. The van der Waals surface area contributed by atoms with Crippen molar-refractivity contribution in [1.82, 2.24) is 4.90 Å². The number of nitrogens with zero attached hydrogens (tertiary/aromatic N) is 1. The van der Waals surface area contributed by atoms with Gasteiger partial charge in [0.1, 0.15) is 0 Å². The smallest absolute Gasteiger partial charge is 0.307 e. The predicted octanol–water partition coefficient (Wildman–Crippen LogP) is 3.80. The van der Waals surface area contributed by atoms with E-state index in [0.717, 1.165) is 13.1 Å². The fraction of sp³-hybridized carbons (Fsp3) is 0.316. The van der Waals surface area contributed by atoms with Gasteiger partial charge in [-0.3, -0.25) is 9.69 Å². The third-order valence-corrected chi connectivity index (χ3v) is 3.82. The van der Waals surface area contributed by atoms with Crippen molar-refractivity contribution >= 4 is 5.97 Å². The summed E-state index contributed by atoms with van der Waals surface area (Å²) in [4.78, 5) is 13.6. The van der Waals surface area contributed by atoms with E-state index in [1.165, 1.54) is 11.1 Å². The van der Waals surface area contributed by atoms with Gasteiger partial charge in [-0.05, 0) is 17.5 Å². The summed E-state index contributed by atoms with van der Waals surface area (Å²) < 4.78 is 0. The standard InChI is InChI=1S/C19H23NO2/c1-2-18(19(21)22)15-20(13-16-9-5-3-6-10-16)14-17-11-7-4-8-12-17/h3-12,18H,2,13-15H2,1H3,(H,21,22). The van der Waals surface area contributed by atoms with Gasteiger partial charge in [0, 0.05) is 19.6 Å². The van der Waals surface area contributed by atoms with Crippen LogP contribution in [-0.2, 0) is 17.9 Å². The third-order valence-electron chi connectivity index (χ3n) is 3.82. The van der Waals surface area contributed by atoms with Gasteiger partial charge in [0.15, 0.2) is 0 Å². The summed E-state index contributed by atoms with van der Waals surface area (Å²) >= 11 is 0. The van der Waals surface area contributed by atoms with Gasteiger partial charge in [0.2, 0.25) is 0 Å². The lowest BCUT2D eigenvalue weighted by Gasteiger charge is -2.25. The zero-order chi connectivity index (χ0) is 15.8. The summed E-state index contributed by atoms with van der Waals surface area (Å²) in [5, 5.41) is 9.33. The second-order valence-corrected chi connectivity index (χ2v) is 5.58. The molecule has 1 N–H and O–H groups in total.